The Kier molecular flexibility index (Phi) is 4.84. The lowest BCUT2D eigenvalue weighted by Gasteiger charge is -2.27. The summed E-state index contributed by atoms with van der Waals surface area (Å²) in [6.07, 6.45) is 0. The molecule has 7 nitrogen and oxygen atoms in total. The van der Waals surface area contributed by atoms with Crippen molar-refractivity contribution in [3.63, 3.8) is 0 Å². The molecule has 0 saturated heterocycles. The standard InChI is InChI=1S/C15H13FN2O5S3/c16-11-3-1-10(2-4-11)14-9-24-15(26(21,22)23)18(14)12-5-7-13(8-6-12)25(17,19)20/h1-9,15H,(H2,17,19,20)(H,21,22,23). The molecule has 1 aliphatic heterocycles. The Bertz CT molecular complexity index is 1070. The Hall–Kier alpha value is -1.92. The van der Waals surface area contributed by atoms with Gasteiger partial charge in [0.1, 0.15) is 5.82 Å². The van der Waals surface area contributed by atoms with Crippen molar-refractivity contribution in [1.29, 1.82) is 0 Å². The Morgan fingerprint density at radius 3 is 2.08 bits per heavy atom. The second-order valence-corrected chi connectivity index (χ2v) is 9.67. The van der Waals surface area contributed by atoms with Crippen LogP contribution in [-0.4, -0.2) is 26.1 Å². The average molecular weight is 416 g/mol. The van der Waals surface area contributed by atoms with Gasteiger partial charge in [-0.1, -0.05) is 11.8 Å². The fourth-order valence-corrected chi connectivity index (χ4v) is 5.04. The first-order valence-corrected chi connectivity index (χ1v) is 11.1. The third kappa shape index (κ3) is 3.76. The van der Waals surface area contributed by atoms with Crippen molar-refractivity contribution < 1.29 is 25.8 Å². The van der Waals surface area contributed by atoms with Crippen LogP contribution >= 0.6 is 11.8 Å². The van der Waals surface area contributed by atoms with E-state index in [0.717, 1.165) is 11.8 Å². The van der Waals surface area contributed by atoms with Crippen LogP contribution in [0.2, 0.25) is 0 Å². The van der Waals surface area contributed by atoms with Crippen LogP contribution in [0.4, 0.5) is 10.1 Å². The maximum atomic E-state index is 13.2. The number of hydrogen-bond donors (Lipinski definition) is 2. The minimum atomic E-state index is -4.47. The SMILES string of the molecule is NS(=O)(=O)c1ccc(N2C(c3ccc(F)cc3)=CSC2S(=O)(=O)O)cc1. The van der Waals surface area contributed by atoms with Crippen LogP contribution in [0.25, 0.3) is 5.70 Å². The number of anilines is 1. The Labute approximate surface area is 154 Å². The molecule has 2 aromatic rings. The van der Waals surface area contributed by atoms with E-state index in [4.69, 9.17) is 5.14 Å². The molecule has 0 radical (unpaired) electrons. The second-order valence-electron chi connectivity index (χ2n) is 5.38. The number of rotatable bonds is 4. The van der Waals surface area contributed by atoms with Crippen molar-refractivity contribution in [2.75, 3.05) is 4.90 Å². The lowest BCUT2D eigenvalue weighted by atomic mass is 10.1. The average Bonchev–Trinajstić information content (AvgIpc) is 3.00. The van der Waals surface area contributed by atoms with Gasteiger partial charge in [0.2, 0.25) is 14.7 Å². The molecule has 2 aromatic carbocycles. The lowest BCUT2D eigenvalue weighted by Crippen LogP contribution is -2.34. The maximum Gasteiger partial charge on any atom is 0.297 e. The summed E-state index contributed by atoms with van der Waals surface area (Å²) < 4.78 is 67.6. The van der Waals surface area contributed by atoms with E-state index in [1.54, 1.807) is 0 Å². The summed E-state index contributed by atoms with van der Waals surface area (Å²) in [6.45, 7) is 0. The predicted molar refractivity (Wildman–Crippen MR) is 97.6 cm³/mol. The van der Waals surface area contributed by atoms with Gasteiger partial charge in [-0.3, -0.25) is 4.55 Å². The number of thioether (sulfide) groups is 1. The number of nitrogens with zero attached hydrogens (tertiary/aromatic N) is 1. The minimum Gasteiger partial charge on any atom is -0.312 e. The van der Waals surface area contributed by atoms with Crippen molar-refractivity contribution >= 4 is 43.3 Å². The van der Waals surface area contributed by atoms with Crippen LogP contribution in [-0.2, 0) is 20.1 Å². The van der Waals surface area contributed by atoms with E-state index in [9.17, 15) is 25.8 Å². The summed E-state index contributed by atoms with van der Waals surface area (Å²) >= 11 is 0.858. The van der Waals surface area contributed by atoms with Gasteiger partial charge in [0.25, 0.3) is 10.1 Å². The first kappa shape index (κ1) is 18.9. The van der Waals surface area contributed by atoms with Crippen molar-refractivity contribution in [2.24, 2.45) is 5.14 Å². The van der Waals surface area contributed by atoms with Gasteiger partial charge >= 0.3 is 0 Å². The summed E-state index contributed by atoms with van der Waals surface area (Å²) in [7, 11) is -8.37. The van der Waals surface area contributed by atoms with Crippen LogP contribution in [0.15, 0.2) is 58.8 Å². The highest BCUT2D eigenvalue weighted by atomic mass is 32.3. The summed E-state index contributed by atoms with van der Waals surface area (Å²) in [5.74, 6) is -0.449. The van der Waals surface area contributed by atoms with Crippen LogP contribution in [0, 0.1) is 5.82 Å². The van der Waals surface area contributed by atoms with Gasteiger partial charge in [-0.15, -0.1) is 0 Å². The molecule has 0 aromatic heterocycles. The molecule has 1 unspecified atom stereocenters. The molecule has 0 amide bonds. The molecule has 0 saturated carbocycles. The maximum absolute atomic E-state index is 13.2. The first-order chi connectivity index (χ1) is 12.1. The van der Waals surface area contributed by atoms with Crippen LogP contribution < -0.4 is 10.0 Å². The van der Waals surface area contributed by atoms with E-state index in [1.165, 1.54) is 58.8 Å². The van der Waals surface area contributed by atoms with Gasteiger partial charge in [-0.2, -0.15) is 8.42 Å². The summed E-state index contributed by atoms with van der Waals surface area (Å²) in [5.41, 5.74) is 1.27. The van der Waals surface area contributed by atoms with Gasteiger partial charge in [-0.05, 0) is 59.5 Å². The third-order valence-corrected chi connectivity index (χ3v) is 7.12. The molecule has 0 aliphatic carbocycles. The summed E-state index contributed by atoms with van der Waals surface area (Å²) in [6, 6.07) is 10.6. The molecule has 1 heterocycles. The van der Waals surface area contributed by atoms with Crippen LogP contribution in [0.1, 0.15) is 5.56 Å². The molecule has 0 bridgehead atoms. The highest BCUT2D eigenvalue weighted by Crippen LogP contribution is 2.42. The molecule has 1 aliphatic rings. The first-order valence-electron chi connectivity index (χ1n) is 7.07. The second kappa shape index (κ2) is 6.67. The van der Waals surface area contributed by atoms with Crippen molar-refractivity contribution in [1.82, 2.24) is 0 Å². The molecular formula is C15H13FN2O5S3. The summed E-state index contributed by atoms with van der Waals surface area (Å²) in [5, 5.41) is 6.59. The van der Waals surface area contributed by atoms with Gasteiger partial charge in [0, 0.05) is 5.69 Å². The fourth-order valence-electron chi connectivity index (χ4n) is 2.44. The fraction of sp³-hybridized carbons (Fsp3) is 0.0667. The van der Waals surface area contributed by atoms with Gasteiger partial charge in [-0.25, -0.2) is 17.9 Å². The zero-order valence-electron chi connectivity index (χ0n) is 13.0. The topological polar surface area (TPSA) is 118 Å². The van der Waals surface area contributed by atoms with E-state index < -0.39 is 30.7 Å². The lowest BCUT2D eigenvalue weighted by molar-refractivity contribution is 0.480. The van der Waals surface area contributed by atoms with Crippen molar-refractivity contribution in [3.8, 4) is 0 Å². The number of benzene rings is 2. The smallest absolute Gasteiger partial charge is 0.297 e. The van der Waals surface area contributed by atoms with E-state index >= 15 is 0 Å². The number of nitrogens with two attached hydrogens (primary N) is 1. The van der Waals surface area contributed by atoms with Crippen molar-refractivity contribution in [2.45, 2.75) is 9.60 Å². The van der Waals surface area contributed by atoms with Crippen LogP contribution in [0.3, 0.4) is 0 Å². The quantitative estimate of drug-likeness (QED) is 0.734. The number of primary sulfonamides is 1. The monoisotopic (exact) mass is 416 g/mol. The van der Waals surface area contributed by atoms with E-state index in [-0.39, 0.29) is 4.90 Å². The third-order valence-electron chi connectivity index (χ3n) is 3.60. The molecule has 0 fully saturated rings. The molecule has 11 heteroatoms. The largest absolute Gasteiger partial charge is 0.312 e. The highest BCUT2D eigenvalue weighted by Gasteiger charge is 2.37. The van der Waals surface area contributed by atoms with E-state index in [0.29, 0.717) is 16.9 Å². The van der Waals surface area contributed by atoms with Crippen LogP contribution in [0.5, 0.6) is 0 Å². The van der Waals surface area contributed by atoms with E-state index in [2.05, 4.69) is 0 Å². The molecule has 0 spiro atoms. The van der Waals surface area contributed by atoms with Gasteiger partial charge in [0.05, 0.1) is 10.6 Å². The zero-order chi connectivity index (χ0) is 19.1. The van der Waals surface area contributed by atoms with Crippen molar-refractivity contribution in [3.05, 3.63) is 65.3 Å². The summed E-state index contributed by atoms with van der Waals surface area (Å²) in [4.78, 5) is 1.18. The Morgan fingerprint density at radius 1 is 1.00 bits per heavy atom. The minimum absolute atomic E-state index is 0.135. The Balaban J connectivity index is 2.08. The number of sulfonamides is 1. The number of hydrogen-bond acceptors (Lipinski definition) is 6. The zero-order valence-corrected chi connectivity index (χ0v) is 15.4. The molecule has 1 atom stereocenters. The molecule has 26 heavy (non-hydrogen) atoms. The predicted octanol–water partition coefficient (Wildman–Crippen LogP) is 2.20. The normalized spacial score (nSPS) is 18.0. The molecule has 138 valence electrons. The molecular weight excluding hydrogens is 403 g/mol. The Morgan fingerprint density at radius 2 is 1.58 bits per heavy atom. The van der Waals surface area contributed by atoms with Gasteiger partial charge < -0.3 is 4.90 Å². The van der Waals surface area contributed by atoms with Gasteiger partial charge in [0.15, 0.2) is 0 Å². The number of halogens is 1. The molecule has 3 rings (SSSR count). The highest BCUT2D eigenvalue weighted by molar-refractivity contribution is 8.14. The van der Waals surface area contributed by atoms with E-state index in [1.807, 2.05) is 0 Å². The molecule has 3 N–H and O–H groups in total.